The minimum absolute atomic E-state index is 0.355. The van der Waals surface area contributed by atoms with Gasteiger partial charge in [-0.2, -0.15) is 0 Å². The first kappa shape index (κ1) is 21.2. The van der Waals surface area contributed by atoms with E-state index in [2.05, 4.69) is 0 Å². The van der Waals surface area contributed by atoms with Crippen molar-refractivity contribution in [2.45, 2.75) is 27.1 Å². The number of carbonyl (C=O) groups excluding carboxylic acids is 1. The molecule has 0 aliphatic heterocycles. The number of hydrogen-bond donors (Lipinski definition) is 0. The zero-order chi connectivity index (χ0) is 21.2. The maximum Gasteiger partial charge on any atom is 0.162 e. The van der Waals surface area contributed by atoms with Crippen LogP contribution in [-0.4, -0.2) is 19.5 Å². The van der Waals surface area contributed by atoms with Crippen molar-refractivity contribution >= 4 is 6.29 Å². The number of aldehydes is 1. The van der Waals surface area contributed by atoms with Crippen molar-refractivity contribution in [3.8, 4) is 23.0 Å². The maximum atomic E-state index is 11.2. The highest BCUT2D eigenvalue weighted by molar-refractivity contribution is 5.76. The average Bonchev–Trinajstić information content (AvgIpc) is 2.79. The van der Waals surface area contributed by atoms with Gasteiger partial charge >= 0.3 is 0 Å². The summed E-state index contributed by atoms with van der Waals surface area (Å²) in [4.78, 5) is 11.2. The van der Waals surface area contributed by atoms with Gasteiger partial charge in [0.15, 0.2) is 11.5 Å². The summed E-state index contributed by atoms with van der Waals surface area (Å²) in [6.45, 7) is 5.90. The Bertz CT molecular complexity index is 933. The van der Waals surface area contributed by atoms with E-state index in [-0.39, 0.29) is 0 Å². The van der Waals surface area contributed by atoms with Crippen LogP contribution < -0.4 is 18.9 Å². The highest BCUT2D eigenvalue weighted by atomic mass is 16.5. The van der Waals surface area contributed by atoms with Crippen LogP contribution in [0.1, 0.15) is 35.3 Å². The molecule has 3 aromatic rings. The van der Waals surface area contributed by atoms with Gasteiger partial charge in [-0.15, -0.1) is 0 Å². The first-order chi connectivity index (χ1) is 14.7. The van der Waals surface area contributed by atoms with E-state index in [1.54, 1.807) is 18.2 Å². The second-order valence-corrected chi connectivity index (χ2v) is 6.56. The van der Waals surface area contributed by atoms with Gasteiger partial charge < -0.3 is 18.9 Å². The van der Waals surface area contributed by atoms with Gasteiger partial charge in [-0.05, 0) is 67.4 Å². The summed E-state index contributed by atoms with van der Waals surface area (Å²) in [5.41, 5.74) is 2.54. The SMILES string of the molecule is CCOc1ccc(COc2ccc(C=O)cc2OCc2ccc(OCC)cc2)cc1. The van der Waals surface area contributed by atoms with Gasteiger partial charge in [0.1, 0.15) is 31.0 Å². The van der Waals surface area contributed by atoms with Crippen LogP contribution >= 0.6 is 0 Å². The second-order valence-electron chi connectivity index (χ2n) is 6.56. The average molecular weight is 406 g/mol. The molecule has 5 heteroatoms. The lowest BCUT2D eigenvalue weighted by Gasteiger charge is -2.14. The molecule has 0 amide bonds. The Balaban J connectivity index is 1.66. The Morgan fingerprint density at radius 3 is 1.60 bits per heavy atom. The predicted octanol–water partition coefficient (Wildman–Crippen LogP) is 5.45. The molecule has 3 aromatic carbocycles. The minimum atomic E-state index is 0.355. The molecule has 0 saturated heterocycles. The lowest BCUT2D eigenvalue weighted by Crippen LogP contribution is -2.02. The molecule has 0 unspecified atom stereocenters. The fraction of sp³-hybridized carbons (Fsp3) is 0.240. The molecular formula is C25H26O5. The number of carbonyl (C=O) groups is 1. The van der Waals surface area contributed by atoms with E-state index in [1.807, 2.05) is 62.4 Å². The summed E-state index contributed by atoms with van der Waals surface area (Å²) < 4.78 is 22.8. The third-order valence-electron chi connectivity index (χ3n) is 4.36. The van der Waals surface area contributed by atoms with E-state index in [4.69, 9.17) is 18.9 Å². The molecule has 0 aliphatic rings. The van der Waals surface area contributed by atoms with Crippen molar-refractivity contribution in [2.75, 3.05) is 13.2 Å². The van der Waals surface area contributed by atoms with E-state index in [0.29, 0.717) is 43.5 Å². The van der Waals surface area contributed by atoms with Crippen molar-refractivity contribution in [1.29, 1.82) is 0 Å². The molecule has 0 atom stereocenters. The van der Waals surface area contributed by atoms with E-state index in [0.717, 1.165) is 28.9 Å². The van der Waals surface area contributed by atoms with Gasteiger partial charge in [-0.1, -0.05) is 24.3 Å². The summed E-state index contributed by atoms with van der Waals surface area (Å²) in [5, 5.41) is 0. The van der Waals surface area contributed by atoms with Crippen molar-refractivity contribution in [2.24, 2.45) is 0 Å². The van der Waals surface area contributed by atoms with Crippen molar-refractivity contribution in [3.05, 3.63) is 83.4 Å². The van der Waals surface area contributed by atoms with E-state index < -0.39 is 0 Å². The standard InChI is InChI=1S/C25H26O5/c1-3-27-22-10-5-19(6-11-22)17-29-24-14-9-21(16-26)15-25(24)30-18-20-7-12-23(13-8-20)28-4-2/h5-16H,3-4,17-18H2,1-2H3. The van der Waals surface area contributed by atoms with Crippen molar-refractivity contribution in [3.63, 3.8) is 0 Å². The fourth-order valence-corrected chi connectivity index (χ4v) is 2.85. The highest BCUT2D eigenvalue weighted by Gasteiger charge is 2.08. The van der Waals surface area contributed by atoms with Crippen LogP contribution in [0, 0.1) is 0 Å². The highest BCUT2D eigenvalue weighted by Crippen LogP contribution is 2.30. The maximum absolute atomic E-state index is 11.2. The monoisotopic (exact) mass is 406 g/mol. The Kier molecular flexibility index (Phi) is 7.72. The van der Waals surface area contributed by atoms with Gasteiger partial charge in [0, 0.05) is 5.56 Å². The molecule has 0 aromatic heterocycles. The van der Waals surface area contributed by atoms with Crippen LogP contribution in [0.3, 0.4) is 0 Å². The topological polar surface area (TPSA) is 54.0 Å². The first-order valence-corrected chi connectivity index (χ1v) is 10.00. The van der Waals surface area contributed by atoms with Gasteiger partial charge in [0.2, 0.25) is 0 Å². The molecule has 0 aliphatic carbocycles. The Morgan fingerprint density at radius 1 is 0.633 bits per heavy atom. The normalized spacial score (nSPS) is 10.3. The quantitative estimate of drug-likeness (QED) is 0.396. The third kappa shape index (κ3) is 6.01. The lowest BCUT2D eigenvalue weighted by molar-refractivity contribution is 0.112. The molecule has 0 saturated carbocycles. The number of benzene rings is 3. The molecule has 3 rings (SSSR count). The van der Waals surface area contributed by atoms with Crippen LogP contribution in [-0.2, 0) is 13.2 Å². The zero-order valence-corrected chi connectivity index (χ0v) is 17.3. The molecular weight excluding hydrogens is 380 g/mol. The summed E-state index contributed by atoms with van der Waals surface area (Å²) in [6, 6.07) is 20.6. The molecule has 0 spiro atoms. The Labute approximate surface area is 177 Å². The van der Waals surface area contributed by atoms with Crippen LogP contribution in [0.2, 0.25) is 0 Å². The molecule has 0 heterocycles. The number of rotatable bonds is 11. The van der Waals surface area contributed by atoms with E-state index >= 15 is 0 Å². The largest absolute Gasteiger partial charge is 0.494 e. The second kappa shape index (κ2) is 10.9. The van der Waals surface area contributed by atoms with Crippen molar-refractivity contribution in [1.82, 2.24) is 0 Å². The third-order valence-corrected chi connectivity index (χ3v) is 4.36. The van der Waals surface area contributed by atoms with Crippen molar-refractivity contribution < 1.29 is 23.7 Å². The molecule has 0 radical (unpaired) electrons. The van der Waals surface area contributed by atoms with Crippen LogP contribution in [0.5, 0.6) is 23.0 Å². The van der Waals surface area contributed by atoms with Gasteiger partial charge in [0.25, 0.3) is 0 Å². The molecule has 0 bridgehead atoms. The van der Waals surface area contributed by atoms with Crippen LogP contribution in [0.4, 0.5) is 0 Å². The number of hydrogen-bond acceptors (Lipinski definition) is 5. The predicted molar refractivity (Wildman–Crippen MR) is 116 cm³/mol. The first-order valence-electron chi connectivity index (χ1n) is 10.00. The van der Waals surface area contributed by atoms with Gasteiger partial charge in [-0.25, -0.2) is 0 Å². The molecule has 0 N–H and O–H groups in total. The fourth-order valence-electron chi connectivity index (χ4n) is 2.85. The van der Waals surface area contributed by atoms with E-state index in [9.17, 15) is 4.79 Å². The summed E-state index contributed by atoms with van der Waals surface area (Å²) in [6.07, 6.45) is 0.792. The number of ether oxygens (including phenoxy) is 4. The summed E-state index contributed by atoms with van der Waals surface area (Å²) in [7, 11) is 0. The zero-order valence-electron chi connectivity index (χ0n) is 17.3. The lowest BCUT2D eigenvalue weighted by atomic mass is 10.2. The Morgan fingerprint density at radius 2 is 1.13 bits per heavy atom. The van der Waals surface area contributed by atoms with Crippen LogP contribution in [0.25, 0.3) is 0 Å². The molecule has 0 fully saturated rings. The molecule has 5 nitrogen and oxygen atoms in total. The van der Waals surface area contributed by atoms with Gasteiger partial charge in [-0.3, -0.25) is 4.79 Å². The molecule has 156 valence electrons. The summed E-state index contributed by atoms with van der Waals surface area (Å²) >= 11 is 0. The molecule has 30 heavy (non-hydrogen) atoms. The smallest absolute Gasteiger partial charge is 0.162 e. The Hall–Kier alpha value is -3.47. The minimum Gasteiger partial charge on any atom is -0.494 e. The summed E-state index contributed by atoms with van der Waals surface area (Å²) in [5.74, 6) is 2.76. The van der Waals surface area contributed by atoms with Gasteiger partial charge in [0.05, 0.1) is 13.2 Å². The van der Waals surface area contributed by atoms with Crippen LogP contribution in [0.15, 0.2) is 66.7 Å². The van der Waals surface area contributed by atoms with E-state index in [1.165, 1.54) is 0 Å².